The first-order chi connectivity index (χ1) is 11.7. The minimum Gasteiger partial charge on any atom is -0.323 e. The van der Waals surface area contributed by atoms with Gasteiger partial charge in [-0.05, 0) is 23.6 Å². The Hall–Kier alpha value is -2.51. The molecule has 0 aliphatic carbocycles. The second-order valence-electron chi connectivity index (χ2n) is 5.38. The Balaban J connectivity index is 1.56. The van der Waals surface area contributed by atoms with Crippen molar-refractivity contribution < 1.29 is 9.59 Å². The number of anilines is 2. The molecule has 0 atom stereocenters. The largest absolute Gasteiger partial charge is 0.323 e. The lowest BCUT2D eigenvalue weighted by atomic mass is 10.1. The third kappa shape index (κ3) is 2.83. The number of benzene rings is 1. The summed E-state index contributed by atoms with van der Waals surface area (Å²) in [4.78, 5) is 30.6. The Kier molecular flexibility index (Phi) is 3.87. The maximum atomic E-state index is 12.7. The Morgan fingerprint density at radius 2 is 2.12 bits per heavy atom. The van der Waals surface area contributed by atoms with Gasteiger partial charge in [-0.2, -0.15) is 11.3 Å². The number of para-hydroxylation sites is 2. The lowest BCUT2D eigenvalue weighted by Crippen LogP contribution is -2.42. The third-order valence-electron chi connectivity index (χ3n) is 3.72. The lowest BCUT2D eigenvalue weighted by Gasteiger charge is -2.29. The SMILES string of the molecule is O=C1CN(C(=O)Cc2csc(-c3ccsc3)n2)c2ccccc2N1. The van der Waals surface area contributed by atoms with Gasteiger partial charge in [0.1, 0.15) is 11.6 Å². The predicted octanol–water partition coefficient (Wildman–Crippen LogP) is 3.40. The maximum Gasteiger partial charge on any atom is 0.244 e. The van der Waals surface area contributed by atoms with E-state index in [2.05, 4.69) is 10.3 Å². The summed E-state index contributed by atoms with van der Waals surface area (Å²) in [5.74, 6) is -0.307. The van der Waals surface area contributed by atoms with Crippen molar-refractivity contribution in [1.29, 1.82) is 0 Å². The number of rotatable bonds is 3. The van der Waals surface area contributed by atoms with Crippen LogP contribution in [0.25, 0.3) is 10.6 Å². The fourth-order valence-electron chi connectivity index (χ4n) is 2.61. The van der Waals surface area contributed by atoms with Crippen molar-refractivity contribution in [2.45, 2.75) is 6.42 Å². The molecule has 0 fully saturated rings. The fraction of sp³-hybridized carbons (Fsp3) is 0.118. The number of fused-ring (bicyclic) bond motifs is 1. The Morgan fingerprint density at radius 3 is 2.96 bits per heavy atom. The van der Waals surface area contributed by atoms with Crippen molar-refractivity contribution in [2.24, 2.45) is 0 Å². The number of nitrogens with one attached hydrogen (secondary N) is 1. The average Bonchev–Trinajstić information content (AvgIpc) is 3.25. The minimum atomic E-state index is -0.181. The molecular formula is C17H13N3O2S2. The van der Waals surface area contributed by atoms with Gasteiger partial charge in [-0.1, -0.05) is 12.1 Å². The normalized spacial score (nSPS) is 13.5. The average molecular weight is 355 g/mol. The van der Waals surface area contributed by atoms with Gasteiger partial charge in [-0.3, -0.25) is 9.59 Å². The van der Waals surface area contributed by atoms with Gasteiger partial charge in [-0.25, -0.2) is 4.98 Å². The van der Waals surface area contributed by atoms with E-state index < -0.39 is 0 Å². The van der Waals surface area contributed by atoms with E-state index in [0.717, 1.165) is 22.0 Å². The van der Waals surface area contributed by atoms with Crippen molar-refractivity contribution >= 4 is 45.9 Å². The highest BCUT2D eigenvalue weighted by molar-refractivity contribution is 7.14. The van der Waals surface area contributed by atoms with E-state index in [1.807, 2.05) is 40.4 Å². The molecule has 1 aliphatic heterocycles. The third-order valence-corrected chi connectivity index (χ3v) is 5.35. The number of hydrogen-bond acceptors (Lipinski definition) is 5. The molecule has 3 aromatic rings. The smallest absolute Gasteiger partial charge is 0.244 e. The first-order valence-electron chi connectivity index (χ1n) is 7.37. The van der Waals surface area contributed by atoms with Crippen LogP contribution in [-0.2, 0) is 16.0 Å². The van der Waals surface area contributed by atoms with Crippen molar-refractivity contribution in [3.63, 3.8) is 0 Å². The fourth-order valence-corrected chi connectivity index (χ4v) is 4.14. The number of carbonyl (C=O) groups is 2. The minimum absolute atomic E-state index is 0.0391. The summed E-state index contributed by atoms with van der Waals surface area (Å²) in [5.41, 5.74) is 3.20. The van der Waals surface area contributed by atoms with Crippen LogP contribution in [0.3, 0.4) is 0 Å². The molecule has 0 saturated heterocycles. The van der Waals surface area contributed by atoms with E-state index in [9.17, 15) is 9.59 Å². The number of thiophene rings is 1. The van der Waals surface area contributed by atoms with Gasteiger partial charge in [0, 0.05) is 16.3 Å². The first-order valence-corrected chi connectivity index (χ1v) is 9.19. The second-order valence-corrected chi connectivity index (χ2v) is 7.02. The Morgan fingerprint density at radius 1 is 1.25 bits per heavy atom. The van der Waals surface area contributed by atoms with Crippen molar-refractivity contribution in [1.82, 2.24) is 4.98 Å². The maximum absolute atomic E-state index is 12.7. The van der Waals surface area contributed by atoms with E-state index in [1.54, 1.807) is 17.4 Å². The van der Waals surface area contributed by atoms with Crippen LogP contribution in [0.15, 0.2) is 46.5 Å². The van der Waals surface area contributed by atoms with Gasteiger partial charge in [0.25, 0.3) is 0 Å². The number of carbonyl (C=O) groups excluding carboxylic acids is 2. The van der Waals surface area contributed by atoms with Crippen LogP contribution >= 0.6 is 22.7 Å². The summed E-state index contributed by atoms with van der Waals surface area (Å²) in [5, 5.41) is 9.64. The summed E-state index contributed by atoms with van der Waals surface area (Å²) < 4.78 is 0. The molecule has 0 radical (unpaired) electrons. The summed E-state index contributed by atoms with van der Waals surface area (Å²) in [6, 6.07) is 9.34. The number of aromatic nitrogens is 1. The highest BCUT2D eigenvalue weighted by Crippen LogP contribution is 2.30. The van der Waals surface area contributed by atoms with E-state index >= 15 is 0 Å². The molecule has 2 aromatic heterocycles. The van der Waals surface area contributed by atoms with E-state index in [1.165, 1.54) is 16.2 Å². The van der Waals surface area contributed by atoms with Gasteiger partial charge in [0.2, 0.25) is 11.8 Å². The monoisotopic (exact) mass is 355 g/mol. The van der Waals surface area contributed by atoms with Crippen molar-refractivity contribution in [3.05, 3.63) is 52.2 Å². The van der Waals surface area contributed by atoms with Gasteiger partial charge in [0.15, 0.2) is 0 Å². The molecule has 120 valence electrons. The topological polar surface area (TPSA) is 62.3 Å². The van der Waals surface area contributed by atoms with Gasteiger partial charge >= 0.3 is 0 Å². The van der Waals surface area contributed by atoms with Crippen LogP contribution in [-0.4, -0.2) is 23.3 Å². The number of amides is 2. The van der Waals surface area contributed by atoms with Gasteiger partial charge in [0.05, 0.1) is 23.5 Å². The quantitative estimate of drug-likeness (QED) is 0.783. The molecule has 0 unspecified atom stereocenters. The Bertz CT molecular complexity index is 902. The lowest BCUT2D eigenvalue weighted by molar-refractivity contribution is -0.121. The summed E-state index contributed by atoms with van der Waals surface area (Å²) >= 11 is 3.15. The van der Waals surface area contributed by atoms with E-state index in [4.69, 9.17) is 0 Å². The molecular weight excluding hydrogens is 342 g/mol. The van der Waals surface area contributed by atoms with Crippen LogP contribution in [0.5, 0.6) is 0 Å². The summed E-state index contributed by atoms with van der Waals surface area (Å²) in [6.07, 6.45) is 0.183. The van der Waals surface area contributed by atoms with Crippen molar-refractivity contribution in [3.8, 4) is 10.6 Å². The van der Waals surface area contributed by atoms with Gasteiger partial charge in [-0.15, -0.1) is 11.3 Å². The number of hydrogen-bond donors (Lipinski definition) is 1. The molecule has 5 nitrogen and oxygen atoms in total. The molecule has 0 bridgehead atoms. The van der Waals surface area contributed by atoms with Crippen LogP contribution in [0.1, 0.15) is 5.69 Å². The summed E-state index contributed by atoms with van der Waals surface area (Å²) in [7, 11) is 0. The molecule has 7 heteroatoms. The molecule has 1 N–H and O–H groups in total. The molecule has 2 amide bonds. The zero-order chi connectivity index (χ0) is 16.5. The van der Waals surface area contributed by atoms with E-state index in [-0.39, 0.29) is 24.8 Å². The highest BCUT2D eigenvalue weighted by Gasteiger charge is 2.27. The van der Waals surface area contributed by atoms with Crippen molar-refractivity contribution in [2.75, 3.05) is 16.8 Å². The molecule has 24 heavy (non-hydrogen) atoms. The van der Waals surface area contributed by atoms with Gasteiger partial charge < -0.3 is 10.2 Å². The first kappa shape index (κ1) is 15.0. The van der Waals surface area contributed by atoms with E-state index in [0.29, 0.717) is 5.69 Å². The highest BCUT2D eigenvalue weighted by atomic mass is 32.1. The predicted molar refractivity (Wildman–Crippen MR) is 96.6 cm³/mol. The number of nitrogens with zero attached hydrogens (tertiary/aromatic N) is 2. The van der Waals surface area contributed by atoms with Crippen LogP contribution in [0, 0.1) is 0 Å². The molecule has 4 rings (SSSR count). The zero-order valence-corrected chi connectivity index (χ0v) is 14.2. The zero-order valence-electron chi connectivity index (χ0n) is 12.6. The van der Waals surface area contributed by atoms with Crippen LogP contribution in [0.4, 0.5) is 11.4 Å². The van der Waals surface area contributed by atoms with Crippen LogP contribution in [0.2, 0.25) is 0 Å². The Labute approximate surface area is 146 Å². The second kappa shape index (κ2) is 6.18. The molecule has 1 aliphatic rings. The van der Waals surface area contributed by atoms with Crippen LogP contribution < -0.4 is 10.2 Å². The standard InChI is InChI=1S/C17H13N3O2S2/c21-15-8-20(14-4-2-1-3-13(14)19-15)16(22)7-12-10-24-17(18-12)11-5-6-23-9-11/h1-6,9-10H,7-8H2,(H,19,21). The molecule has 1 aromatic carbocycles. The molecule has 0 spiro atoms. The number of thiazole rings is 1. The summed E-state index contributed by atoms with van der Waals surface area (Å²) in [6.45, 7) is 0.0391. The molecule has 0 saturated carbocycles. The molecule has 3 heterocycles.